The molecule has 1 aromatic carbocycles. The standard InChI is InChI=1S/C16H15F3N4O2/c1-23(15-13(8-20)21-6-7-22-15)9-11(24)10-25-14-5-3-2-4-12(14)16(17,18)19/h2-7,11,24H,9-10H2,1H3/t11-/m0/s1. The molecule has 0 saturated heterocycles. The second kappa shape index (κ2) is 7.81. The maximum atomic E-state index is 12.9. The van der Waals surface area contributed by atoms with Crippen LogP contribution >= 0.6 is 0 Å². The number of likely N-dealkylation sites (N-methyl/N-ethyl adjacent to an activating group) is 1. The highest BCUT2D eigenvalue weighted by atomic mass is 19.4. The average molecular weight is 352 g/mol. The third-order valence-corrected chi connectivity index (χ3v) is 3.25. The molecule has 25 heavy (non-hydrogen) atoms. The van der Waals surface area contributed by atoms with Crippen LogP contribution in [0.5, 0.6) is 5.75 Å². The first-order chi connectivity index (χ1) is 11.8. The Kier molecular flexibility index (Phi) is 5.77. The van der Waals surface area contributed by atoms with Gasteiger partial charge >= 0.3 is 6.18 Å². The predicted octanol–water partition coefficient (Wildman–Crippen LogP) is 2.24. The van der Waals surface area contributed by atoms with Crippen molar-refractivity contribution in [1.29, 1.82) is 5.26 Å². The van der Waals surface area contributed by atoms with Crippen molar-refractivity contribution >= 4 is 5.82 Å². The van der Waals surface area contributed by atoms with Crippen LogP contribution in [0, 0.1) is 11.3 Å². The van der Waals surface area contributed by atoms with Crippen LogP contribution in [-0.2, 0) is 6.18 Å². The van der Waals surface area contributed by atoms with Crippen molar-refractivity contribution in [3.05, 3.63) is 47.9 Å². The van der Waals surface area contributed by atoms with Gasteiger partial charge in [0.2, 0.25) is 0 Å². The van der Waals surface area contributed by atoms with Gasteiger partial charge in [-0.25, -0.2) is 9.97 Å². The van der Waals surface area contributed by atoms with Gasteiger partial charge in [0.05, 0.1) is 5.56 Å². The zero-order valence-electron chi connectivity index (χ0n) is 13.2. The van der Waals surface area contributed by atoms with Crippen molar-refractivity contribution in [3.8, 4) is 11.8 Å². The molecule has 0 saturated carbocycles. The van der Waals surface area contributed by atoms with Gasteiger partial charge in [-0.3, -0.25) is 0 Å². The van der Waals surface area contributed by atoms with E-state index in [1.807, 2.05) is 6.07 Å². The highest BCUT2D eigenvalue weighted by Crippen LogP contribution is 2.35. The number of nitriles is 1. The van der Waals surface area contributed by atoms with E-state index in [-0.39, 0.29) is 30.4 Å². The Morgan fingerprint density at radius 1 is 1.28 bits per heavy atom. The maximum absolute atomic E-state index is 12.9. The average Bonchev–Trinajstić information content (AvgIpc) is 2.59. The molecule has 1 atom stereocenters. The van der Waals surface area contributed by atoms with Crippen LogP contribution in [0.25, 0.3) is 0 Å². The topological polar surface area (TPSA) is 82.3 Å². The number of halogens is 3. The Labute approximate surface area is 142 Å². The molecular formula is C16H15F3N4O2. The van der Waals surface area contributed by atoms with Gasteiger partial charge in [-0.15, -0.1) is 0 Å². The number of ether oxygens (including phenoxy) is 1. The van der Waals surface area contributed by atoms with Gasteiger partial charge in [0.25, 0.3) is 0 Å². The van der Waals surface area contributed by atoms with Gasteiger partial charge in [-0.05, 0) is 12.1 Å². The van der Waals surface area contributed by atoms with Crippen molar-refractivity contribution in [1.82, 2.24) is 9.97 Å². The fourth-order valence-electron chi connectivity index (χ4n) is 2.16. The van der Waals surface area contributed by atoms with E-state index in [4.69, 9.17) is 10.00 Å². The van der Waals surface area contributed by atoms with Crippen LogP contribution in [0.1, 0.15) is 11.3 Å². The molecule has 0 spiro atoms. The molecule has 132 valence electrons. The van der Waals surface area contributed by atoms with Crippen LogP contribution in [0.2, 0.25) is 0 Å². The summed E-state index contributed by atoms with van der Waals surface area (Å²) in [5, 5.41) is 19.0. The van der Waals surface area contributed by atoms with Gasteiger partial charge in [0, 0.05) is 26.0 Å². The molecule has 1 N–H and O–H groups in total. The van der Waals surface area contributed by atoms with Crippen LogP contribution in [0.3, 0.4) is 0 Å². The van der Waals surface area contributed by atoms with Gasteiger partial charge < -0.3 is 14.7 Å². The SMILES string of the molecule is CN(C[C@H](O)COc1ccccc1C(F)(F)F)c1nccnc1C#N. The number of benzene rings is 1. The van der Waals surface area contributed by atoms with Crippen LogP contribution in [0.15, 0.2) is 36.7 Å². The normalized spacial score (nSPS) is 12.3. The summed E-state index contributed by atoms with van der Waals surface area (Å²) in [5.41, 5.74) is -0.822. The van der Waals surface area contributed by atoms with Crippen molar-refractivity contribution in [2.45, 2.75) is 12.3 Å². The minimum absolute atomic E-state index is 0.00155. The van der Waals surface area contributed by atoms with Gasteiger partial charge in [0.15, 0.2) is 11.5 Å². The van der Waals surface area contributed by atoms with E-state index in [9.17, 15) is 18.3 Å². The first-order valence-electron chi connectivity index (χ1n) is 7.22. The lowest BCUT2D eigenvalue weighted by atomic mass is 10.2. The fourth-order valence-corrected chi connectivity index (χ4v) is 2.16. The minimum Gasteiger partial charge on any atom is -0.490 e. The summed E-state index contributed by atoms with van der Waals surface area (Å²) < 4.78 is 43.8. The van der Waals surface area contributed by atoms with E-state index in [2.05, 4.69) is 9.97 Å². The second-order valence-electron chi connectivity index (χ2n) is 5.18. The molecular weight excluding hydrogens is 337 g/mol. The predicted molar refractivity (Wildman–Crippen MR) is 83.0 cm³/mol. The number of aliphatic hydroxyl groups excluding tert-OH is 1. The molecule has 2 aromatic rings. The molecule has 6 nitrogen and oxygen atoms in total. The molecule has 9 heteroatoms. The Balaban J connectivity index is 2.00. The third kappa shape index (κ3) is 4.81. The molecule has 0 amide bonds. The van der Waals surface area contributed by atoms with Crippen molar-refractivity contribution in [2.75, 3.05) is 25.1 Å². The largest absolute Gasteiger partial charge is 0.490 e. The lowest BCUT2D eigenvalue weighted by molar-refractivity contribution is -0.139. The number of nitrogens with zero attached hydrogens (tertiary/aromatic N) is 4. The number of hydrogen-bond acceptors (Lipinski definition) is 6. The summed E-state index contributed by atoms with van der Waals surface area (Å²) in [7, 11) is 1.58. The lowest BCUT2D eigenvalue weighted by Gasteiger charge is -2.22. The molecule has 0 fully saturated rings. The van der Waals surface area contributed by atoms with Crippen LogP contribution in [-0.4, -0.2) is 41.4 Å². The Morgan fingerprint density at radius 3 is 2.64 bits per heavy atom. The Bertz CT molecular complexity index is 762. The van der Waals surface area contributed by atoms with E-state index in [1.54, 1.807) is 7.05 Å². The zero-order chi connectivity index (χ0) is 18.4. The molecule has 1 heterocycles. The third-order valence-electron chi connectivity index (χ3n) is 3.25. The highest BCUT2D eigenvalue weighted by Gasteiger charge is 2.34. The molecule has 1 aromatic heterocycles. The number of anilines is 1. The van der Waals surface area contributed by atoms with Crippen LogP contribution in [0.4, 0.5) is 19.0 Å². The number of hydrogen-bond donors (Lipinski definition) is 1. The van der Waals surface area contributed by atoms with Crippen LogP contribution < -0.4 is 9.64 Å². The monoisotopic (exact) mass is 352 g/mol. The van der Waals surface area contributed by atoms with Crippen molar-refractivity contribution in [2.24, 2.45) is 0 Å². The van der Waals surface area contributed by atoms with E-state index in [0.29, 0.717) is 0 Å². The number of rotatable bonds is 6. The summed E-state index contributed by atoms with van der Waals surface area (Å²) in [6, 6.07) is 6.66. The number of alkyl halides is 3. The van der Waals surface area contributed by atoms with Gasteiger partial charge in [-0.2, -0.15) is 18.4 Å². The summed E-state index contributed by atoms with van der Waals surface area (Å²) in [5.74, 6) is -0.0892. The van der Waals surface area contributed by atoms with Gasteiger partial charge in [0.1, 0.15) is 24.5 Å². The number of para-hydroxylation sites is 1. The van der Waals surface area contributed by atoms with E-state index < -0.39 is 17.8 Å². The Morgan fingerprint density at radius 2 is 1.96 bits per heavy atom. The molecule has 2 rings (SSSR count). The molecule has 0 bridgehead atoms. The lowest BCUT2D eigenvalue weighted by Crippen LogP contribution is -2.34. The summed E-state index contributed by atoms with van der Waals surface area (Å²) in [6.45, 7) is -0.346. The fraction of sp³-hybridized carbons (Fsp3) is 0.312. The zero-order valence-corrected chi connectivity index (χ0v) is 13.2. The van der Waals surface area contributed by atoms with Crippen molar-refractivity contribution in [3.63, 3.8) is 0 Å². The first-order valence-corrected chi connectivity index (χ1v) is 7.22. The van der Waals surface area contributed by atoms with E-state index in [0.717, 1.165) is 6.07 Å². The first kappa shape index (κ1) is 18.5. The minimum atomic E-state index is -4.54. The summed E-state index contributed by atoms with van der Waals surface area (Å²) >= 11 is 0. The number of aromatic nitrogens is 2. The molecule has 0 unspecified atom stereocenters. The molecule has 0 aliphatic rings. The molecule has 0 radical (unpaired) electrons. The number of aliphatic hydroxyl groups is 1. The summed E-state index contributed by atoms with van der Waals surface area (Å²) in [6.07, 6.45) is -2.88. The summed E-state index contributed by atoms with van der Waals surface area (Å²) in [4.78, 5) is 9.34. The second-order valence-corrected chi connectivity index (χ2v) is 5.18. The van der Waals surface area contributed by atoms with E-state index in [1.165, 1.54) is 35.5 Å². The molecule has 0 aliphatic carbocycles. The smallest absolute Gasteiger partial charge is 0.419 e. The maximum Gasteiger partial charge on any atom is 0.419 e. The quantitative estimate of drug-likeness (QED) is 0.859. The Hall–Kier alpha value is -2.86. The van der Waals surface area contributed by atoms with Crippen molar-refractivity contribution < 1.29 is 23.0 Å². The molecule has 0 aliphatic heterocycles. The van der Waals surface area contributed by atoms with E-state index >= 15 is 0 Å². The highest BCUT2D eigenvalue weighted by molar-refractivity contribution is 5.48. The van der Waals surface area contributed by atoms with Gasteiger partial charge in [-0.1, -0.05) is 12.1 Å².